The van der Waals surface area contributed by atoms with E-state index >= 15 is 0 Å². The van der Waals surface area contributed by atoms with E-state index in [1.807, 2.05) is 0 Å². The Kier molecular flexibility index (Phi) is 3.75. The Morgan fingerprint density at radius 3 is 2.65 bits per heavy atom. The summed E-state index contributed by atoms with van der Waals surface area (Å²) in [5.41, 5.74) is 0.279. The summed E-state index contributed by atoms with van der Waals surface area (Å²) in [4.78, 5) is 18.0. The van der Waals surface area contributed by atoms with E-state index in [-0.39, 0.29) is 16.3 Å². The van der Waals surface area contributed by atoms with Gasteiger partial charge in [-0.25, -0.2) is 9.78 Å². The summed E-state index contributed by atoms with van der Waals surface area (Å²) in [6.07, 6.45) is 1.21. The Bertz CT molecular complexity index is 737. The zero-order valence-corrected chi connectivity index (χ0v) is 11.7. The van der Waals surface area contributed by atoms with Crippen molar-refractivity contribution in [1.82, 2.24) is 9.97 Å². The van der Waals surface area contributed by atoms with E-state index in [1.54, 1.807) is 19.1 Å². The molecule has 1 heterocycles. The molecule has 0 saturated carbocycles. The number of anilines is 1. The summed E-state index contributed by atoms with van der Waals surface area (Å²) in [7, 11) is -2.60. The van der Waals surface area contributed by atoms with Crippen molar-refractivity contribution in [2.24, 2.45) is 0 Å². The molecule has 2 N–H and O–H groups in total. The lowest BCUT2D eigenvalue weighted by atomic mass is 10.2. The van der Waals surface area contributed by atoms with Gasteiger partial charge in [-0.1, -0.05) is 12.1 Å². The fourth-order valence-corrected chi connectivity index (χ4v) is 2.65. The van der Waals surface area contributed by atoms with Gasteiger partial charge in [-0.05, 0) is 19.1 Å². The number of esters is 1. The highest BCUT2D eigenvalue weighted by Crippen LogP contribution is 2.20. The second-order valence-electron chi connectivity index (χ2n) is 3.98. The van der Waals surface area contributed by atoms with Crippen LogP contribution in [0.2, 0.25) is 0 Å². The number of benzene rings is 1. The van der Waals surface area contributed by atoms with Crippen LogP contribution in [0.4, 0.5) is 5.69 Å². The van der Waals surface area contributed by atoms with Gasteiger partial charge in [0.15, 0.2) is 5.03 Å². The van der Waals surface area contributed by atoms with Gasteiger partial charge in [0.2, 0.25) is 0 Å². The number of carbonyl (C=O) groups is 1. The molecule has 8 heteroatoms. The van der Waals surface area contributed by atoms with E-state index in [0.29, 0.717) is 5.82 Å². The molecule has 0 bridgehead atoms. The Hall–Kier alpha value is -2.35. The predicted molar refractivity (Wildman–Crippen MR) is 71.9 cm³/mol. The number of rotatable bonds is 4. The molecule has 0 saturated heterocycles. The van der Waals surface area contributed by atoms with Gasteiger partial charge < -0.3 is 9.72 Å². The summed E-state index contributed by atoms with van der Waals surface area (Å²) >= 11 is 0. The quantitative estimate of drug-likeness (QED) is 0.828. The molecule has 1 aromatic heterocycles. The zero-order chi connectivity index (χ0) is 14.8. The van der Waals surface area contributed by atoms with Crippen molar-refractivity contribution < 1.29 is 17.9 Å². The molecule has 0 unspecified atom stereocenters. The zero-order valence-electron chi connectivity index (χ0n) is 10.9. The van der Waals surface area contributed by atoms with Gasteiger partial charge in [0.25, 0.3) is 10.0 Å². The molecular weight excluding hydrogens is 282 g/mol. The molecule has 106 valence electrons. The molecule has 0 atom stereocenters. The predicted octanol–water partition coefficient (Wildman–Crippen LogP) is 1.31. The molecule has 0 amide bonds. The molecule has 0 aliphatic heterocycles. The summed E-state index contributed by atoms with van der Waals surface area (Å²) in [6, 6.07) is 6.18. The highest BCUT2D eigenvalue weighted by molar-refractivity contribution is 7.92. The number of nitrogens with one attached hydrogen (secondary N) is 2. The molecule has 2 rings (SSSR count). The maximum Gasteiger partial charge on any atom is 0.339 e. The van der Waals surface area contributed by atoms with Gasteiger partial charge in [0.05, 0.1) is 24.6 Å². The van der Waals surface area contributed by atoms with Crippen LogP contribution in [0, 0.1) is 6.92 Å². The lowest BCUT2D eigenvalue weighted by Crippen LogP contribution is -2.16. The average molecular weight is 295 g/mol. The number of hydrogen-bond donors (Lipinski definition) is 2. The van der Waals surface area contributed by atoms with Crippen molar-refractivity contribution in [2.45, 2.75) is 11.9 Å². The van der Waals surface area contributed by atoms with E-state index in [4.69, 9.17) is 0 Å². The molecule has 2 aromatic rings. The first kappa shape index (κ1) is 14.1. The lowest BCUT2D eigenvalue weighted by Gasteiger charge is -2.10. The average Bonchev–Trinajstić information content (AvgIpc) is 2.86. The Balaban J connectivity index is 2.37. The van der Waals surface area contributed by atoms with Crippen molar-refractivity contribution in [3.05, 3.63) is 41.9 Å². The summed E-state index contributed by atoms with van der Waals surface area (Å²) in [6.45, 7) is 1.64. The number of ether oxygens (including phenoxy) is 1. The van der Waals surface area contributed by atoms with Crippen LogP contribution in [0.5, 0.6) is 0 Å². The van der Waals surface area contributed by atoms with Gasteiger partial charge in [0, 0.05) is 0 Å². The van der Waals surface area contributed by atoms with E-state index < -0.39 is 16.0 Å². The number of aryl methyl sites for hydroxylation is 1. The second-order valence-corrected chi connectivity index (χ2v) is 5.63. The van der Waals surface area contributed by atoms with E-state index in [2.05, 4.69) is 19.4 Å². The topological polar surface area (TPSA) is 101 Å². The molecule has 0 spiro atoms. The third kappa shape index (κ3) is 2.80. The standard InChI is InChI=1S/C12H13N3O4S/c1-8-13-7-11(14-8)20(17,18)15-10-6-4-3-5-9(10)12(16)19-2/h3-7,15H,1-2H3,(H,13,14). The molecule has 0 fully saturated rings. The van der Waals surface area contributed by atoms with Crippen molar-refractivity contribution in [3.63, 3.8) is 0 Å². The van der Waals surface area contributed by atoms with E-state index in [9.17, 15) is 13.2 Å². The fraction of sp³-hybridized carbons (Fsp3) is 0.167. The van der Waals surface area contributed by atoms with Crippen LogP contribution in [-0.4, -0.2) is 31.5 Å². The van der Waals surface area contributed by atoms with Gasteiger partial charge >= 0.3 is 5.97 Å². The molecule has 0 aliphatic carbocycles. The highest BCUT2D eigenvalue weighted by Gasteiger charge is 2.20. The highest BCUT2D eigenvalue weighted by atomic mass is 32.2. The van der Waals surface area contributed by atoms with Gasteiger partial charge in [0.1, 0.15) is 5.82 Å². The minimum Gasteiger partial charge on any atom is -0.465 e. The van der Waals surface area contributed by atoms with Crippen molar-refractivity contribution in [1.29, 1.82) is 0 Å². The van der Waals surface area contributed by atoms with Crippen LogP contribution in [0.25, 0.3) is 0 Å². The monoisotopic (exact) mass is 295 g/mol. The van der Waals surface area contributed by atoms with Crippen LogP contribution < -0.4 is 4.72 Å². The summed E-state index contributed by atoms with van der Waals surface area (Å²) in [5, 5.41) is -0.0744. The number of H-pyrrole nitrogens is 1. The van der Waals surface area contributed by atoms with E-state index in [0.717, 1.165) is 0 Å². The number of carbonyl (C=O) groups excluding carboxylic acids is 1. The summed E-state index contributed by atoms with van der Waals surface area (Å²) in [5.74, 6) is -0.143. The second kappa shape index (κ2) is 5.33. The van der Waals surface area contributed by atoms with Gasteiger partial charge in [-0.3, -0.25) is 4.72 Å². The number of aromatic amines is 1. The number of imidazole rings is 1. The lowest BCUT2D eigenvalue weighted by molar-refractivity contribution is 0.0602. The maximum atomic E-state index is 12.1. The van der Waals surface area contributed by atoms with Crippen LogP contribution in [0.1, 0.15) is 16.2 Å². The Morgan fingerprint density at radius 2 is 2.05 bits per heavy atom. The van der Waals surface area contributed by atoms with E-state index in [1.165, 1.54) is 25.4 Å². The molecule has 0 radical (unpaired) electrons. The minimum atomic E-state index is -3.83. The smallest absolute Gasteiger partial charge is 0.339 e. The number of hydrogen-bond acceptors (Lipinski definition) is 5. The van der Waals surface area contributed by atoms with Gasteiger partial charge in [-0.2, -0.15) is 8.42 Å². The summed E-state index contributed by atoms with van der Waals surface area (Å²) < 4.78 is 31.2. The van der Waals surface area contributed by atoms with Crippen LogP contribution >= 0.6 is 0 Å². The fourth-order valence-electron chi connectivity index (χ4n) is 1.59. The van der Waals surface area contributed by atoms with Crippen molar-refractivity contribution in [2.75, 3.05) is 11.8 Å². The van der Waals surface area contributed by atoms with Crippen LogP contribution in [-0.2, 0) is 14.8 Å². The number of sulfonamides is 1. The number of para-hydroxylation sites is 1. The molecule has 1 aromatic carbocycles. The van der Waals surface area contributed by atoms with Crippen LogP contribution in [0.15, 0.2) is 35.5 Å². The number of aromatic nitrogens is 2. The van der Waals surface area contributed by atoms with Crippen molar-refractivity contribution >= 4 is 21.7 Å². The SMILES string of the molecule is COC(=O)c1ccccc1NS(=O)(=O)c1cnc(C)[nH]1. The first-order valence-corrected chi connectivity index (χ1v) is 7.14. The molecule has 0 aliphatic rings. The Morgan fingerprint density at radius 1 is 1.35 bits per heavy atom. The largest absolute Gasteiger partial charge is 0.465 e. The van der Waals surface area contributed by atoms with Crippen LogP contribution in [0.3, 0.4) is 0 Å². The molecule has 20 heavy (non-hydrogen) atoms. The number of methoxy groups -OCH3 is 1. The minimum absolute atomic E-state index is 0.0744. The number of nitrogens with zero attached hydrogens (tertiary/aromatic N) is 1. The normalized spacial score (nSPS) is 11.1. The van der Waals surface area contributed by atoms with Gasteiger partial charge in [-0.15, -0.1) is 0 Å². The van der Waals surface area contributed by atoms with Crippen molar-refractivity contribution in [3.8, 4) is 0 Å². The Labute approximate surface area is 116 Å². The third-order valence-electron chi connectivity index (χ3n) is 2.55. The maximum absolute atomic E-state index is 12.1. The first-order chi connectivity index (χ1) is 9.44. The molecule has 7 nitrogen and oxygen atoms in total. The third-order valence-corrected chi connectivity index (χ3v) is 3.82. The first-order valence-electron chi connectivity index (χ1n) is 5.66. The molecular formula is C12H13N3O4S.